The van der Waals surface area contributed by atoms with E-state index in [9.17, 15) is 14.9 Å². The van der Waals surface area contributed by atoms with Gasteiger partial charge in [-0.25, -0.2) is 4.68 Å². The Morgan fingerprint density at radius 3 is 2.47 bits per heavy atom. The Balaban J connectivity index is 2.61. The molecule has 0 N–H and O–H groups in total. The summed E-state index contributed by atoms with van der Waals surface area (Å²) in [6.45, 7) is 5.03. The maximum Gasteiger partial charge on any atom is 0.282 e. The average Bonchev–Trinajstić information content (AvgIpc) is 2.67. The lowest BCUT2D eigenvalue weighted by molar-refractivity contribution is -0.385. The van der Waals surface area contributed by atoms with Crippen LogP contribution in [0.4, 0.5) is 5.69 Å². The van der Waals surface area contributed by atoms with Crippen LogP contribution in [-0.4, -0.2) is 20.5 Å². The highest BCUT2D eigenvalue weighted by Gasteiger charge is 2.19. The summed E-state index contributed by atoms with van der Waals surface area (Å²) in [6, 6.07) is 6.37. The van der Waals surface area contributed by atoms with Crippen molar-refractivity contribution < 1.29 is 9.72 Å². The Kier molecular flexibility index (Phi) is 3.16. The number of benzene rings is 1. The third kappa shape index (κ3) is 2.37. The van der Waals surface area contributed by atoms with Crippen molar-refractivity contribution in [1.82, 2.24) is 9.78 Å². The highest BCUT2D eigenvalue weighted by atomic mass is 16.6. The third-order valence-electron chi connectivity index (χ3n) is 2.81. The highest BCUT2D eigenvalue weighted by Crippen LogP contribution is 2.23. The van der Waals surface area contributed by atoms with Crippen molar-refractivity contribution in [2.24, 2.45) is 0 Å². The summed E-state index contributed by atoms with van der Waals surface area (Å²) < 4.78 is 1.62. The van der Waals surface area contributed by atoms with Crippen molar-refractivity contribution in [3.63, 3.8) is 0 Å². The lowest BCUT2D eigenvalue weighted by Gasteiger charge is -2.06. The fraction of sp³-hybridized carbons (Fsp3) is 0.231. The van der Waals surface area contributed by atoms with Crippen LogP contribution < -0.4 is 0 Å². The van der Waals surface area contributed by atoms with Crippen molar-refractivity contribution in [3.8, 4) is 5.69 Å². The van der Waals surface area contributed by atoms with Crippen LogP contribution in [0.15, 0.2) is 24.3 Å². The molecule has 1 aromatic heterocycles. The monoisotopic (exact) mass is 259 g/mol. The van der Waals surface area contributed by atoms with E-state index in [1.54, 1.807) is 10.7 Å². The molecule has 0 atom stereocenters. The molecule has 6 nitrogen and oxygen atoms in total. The first-order valence-electron chi connectivity index (χ1n) is 5.73. The van der Waals surface area contributed by atoms with E-state index in [4.69, 9.17) is 0 Å². The first-order valence-corrected chi connectivity index (χ1v) is 5.73. The Bertz CT molecular complexity index is 674. The number of aromatic nitrogens is 2. The predicted molar refractivity (Wildman–Crippen MR) is 69.7 cm³/mol. The van der Waals surface area contributed by atoms with E-state index in [-0.39, 0.29) is 17.0 Å². The van der Waals surface area contributed by atoms with Gasteiger partial charge in [0.25, 0.3) is 5.69 Å². The Morgan fingerprint density at radius 2 is 2.00 bits per heavy atom. The minimum atomic E-state index is -0.550. The zero-order valence-electron chi connectivity index (χ0n) is 10.9. The van der Waals surface area contributed by atoms with Crippen molar-refractivity contribution in [2.45, 2.75) is 20.8 Å². The van der Waals surface area contributed by atoms with Crippen LogP contribution in [0.2, 0.25) is 0 Å². The highest BCUT2D eigenvalue weighted by molar-refractivity contribution is 5.98. The van der Waals surface area contributed by atoms with Gasteiger partial charge in [0.1, 0.15) is 0 Å². The Labute approximate surface area is 109 Å². The Morgan fingerprint density at radius 1 is 1.32 bits per heavy atom. The van der Waals surface area contributed by atoms with Gasteiger partial charge >= 0.3 is 0 Å². The average molecular weight is 259 g/mol. The largest absolute Gasteiger partial charge is 0.294 e. The van der Waals surface area contributed by atoms with E-state index >= 15 is 0 Å². The van der Waals surface area contributed by atoms with E-state index < -0.39 is 4.92 Å². The summed E-state index contributed by atoms with van der Waals surface area (Å²) >= 11 is 0. The number of nitro groups is 1. The molecule has 0 aliphatic heterocycles. The summed E-state index contributed by atoms with van der Waals surface area (Å²) in [6.07, 6.45) is 0. The summed E-state index contributed by atoms with van der Waals surface area (Å²) in [7, 11) is 0. The smallest absolute Gasteiger partial charge is 0.282 e. The molecule has 19 heavy (non-hydrogen) atoms. The normalized spacial score (nSPS) is 10.5. The van der Waals surface area contributed by atoms with Gasteiger partial charge in [0, 0.05) is 11.8 Å². The summed E-state index contributed by atoms with van der Waals surface area (Å²) in [5.41, 5.74) is 2.19. The molecule has 0 aliphatic rings. The molecule has 6 heteroatoms. The standard InChI is InChI=1S/C13H13N3O3/c1-8-6-9(2)15(14-8)11-4-5-12(10(3)17)13(7-11)16(18)19/h4-7H,1-3H3. The third-order valence-corrected chi connectivity index (χ3v) is 2.81. The lowest BCUT2D eigenvalue weighted by atomic mass is 10.1. The van der Waals surface area contributed by atoms with Gasteiger partial charge in [-0.05, 0) is 39.0 Å². The molecule has 0 radical (unpaired) electrons. The molecule has 0 saturated heterocycles. The van der Waals surface area contributed by atoms with Gasteiger partial charge in [-0.1, -0.05) is 0 Å². The van der Waals surface area contributed by atoms with Crippen LogP contribution in [0.3, 0.4) is 0 Å². The Hall–Kier alpha value is -2.50. The SMILES string of the molecule is CC(=O)c1ccc(-n2nc(C)cc2C)cc1[N+](=O)[O-]. The molecular formula is C13H13N3O3. The zero-order valence-corrected chi connectivity index (χ0v) is 10.9. The molecule has 2 rings (SSSR count). The molecule has 0 bridgehead atoms. The summed E-state index contributed by atoms with van der Waals surface area (Å²) in [4.78, 5) is 21.8. The van der Waals surface area contributed by atoms with E-state index in [0.717, 1.165) is 11.4 Å². The number of nitrogens with zero attached hydrogens (tertiary/aromatic N) is 3. The first kappa shape index (κ1) is 12.9. The van der Waals surface area contributed by atoms with Crippen LogP contribution in [0.1, 0.15) is 28.7 Å². The van der Waals surface area contributed by atoms with Crippen LogP contribution >= 0.6 is 0 Å². The van der Waals surface area contributed by atoms with Crippen LogP contribution in [0.5, 0.6) is 0 Å². The van der Waals surface area contributed by atoms with Gasteiger partial charge < -0.3 is 0 Å². The second kappa shape index (κ2) is 4.64. The number of aryl methyl sites for hydroxylation is 2. The van der Waals surface area contributed by atoms with Gasteiger partial charge in [-0.3, -0.25) is 14.9 Å². The number of rotatable bonds is 3. The number of carbonyl (C=O) groups is 1. The zero-order chi connectivity index (χ0) is 14.2. The summed E-state index contributed by atoms with van der Waals surface area (Å²) in [5, 5.41) is 15.3. The van der Waals surface area contributed by atoms with Gasteiger partial charge in [0.15, 0.2) is 5.78 Å². The number of ketones is 1. The quantitative estimate of drug-likeness (QED) is 0.482. The molecule has 2 aromatic rings. The van der Waals surface area contributed by atoms with Crippen molar-refractivity contribution in [1.29, 1.82) is 0 Å². The van der Waals surface area contributed by atoms with Crippen molar-refractivity contribution >= 4 is 11.5 Å². The van der Waals surface area contributed by atoms with Crippen molar-refractivity contribution in [2.75, 3.05) is 0 Å². The van der Waals surface area contributed by atoms with Gasteiger partial charge in [-0.15, -0.1) is 0 Å². The molecule has 0 spiro atoms. The van der Waals surface area contributed by atoms with E-state index in [1.807, 2.05) is 19.9 Å². The molecule has 0 amide bonds. The van der Waals surface area contributed by atoms with E-state index in [2.05, 4.69) is 5.10 Å². The van der Waals surface area contributed by atoms with E-state index in [1.165, 1.54) is 19.1 Å². The molecule has 1 heterocycles. The number of Topliss-reactive ketones (excluding diaryl/α,β-unsaturated/α-hetero) is 1. The molecule has 0 aliphatic carbocycles. The topological polar surface area (TPSA) is 78.0 Å². The number of carbonyl (C=O) groups excluding carboxylic acids is 1. The minimum Gasteiger partial charge on any atom is -0.294 e. The van der Waals surface area contributed by atoms with Crippen LogP contribution in [0.25, 0.3) is 5.69 Å². The first-order chi connectivity index (χ1) is 8.90. The van der Waals surface area contributed by atoms with Gasteiger partial charge in [0.05, 0.1) is 21.9 Å². The van der Waals surface area contributed by atoms with Gasteiger partial charge in [0.2, 0.25) is 0 Å². The second-order valence-corrected chi connectivity index (χ2v) is 4.35. The molecule has 98 valence electrons. The van der Waals surface area contributed by atoms with Crippen LogP contribution in [0, 0.1) is 24.0 Å². The fourth-order valence-corrected chi connectivity index (χ4v) is 1.99. The maximum absolute atomic E-state index is 11.4. The number of hydrogen-bond acceptors (Lipinski definition) is 4. The molecule has 1 aromatic carbocycles. The molecule has 0 saturated carbocycles. The minimum absolute atomic E-state index is 0.107. The molecular weight excluding hydrogens is 246 g/mol. The number of hydrogen-bond donors (Lipinski definition) is 0. The predicted octanol–water partition coefficient (Wildman–Crippen LogP) is 2.60. The molecule has 0 fully saturated rings. The maximum atomic E-state index is 11.4. The second-order valence-electron chi connectivity index (χ2n) is 4.35. The molecule has 0 unspecified atom stereocenters. The van der Waals surface area contributed by atoms with Crippen LogP contribution in [-0.2, 0) is 0 Å². The number of nitro benzene ring substituents is 1. The van der Waals surface area contributed by atoms with Crippen molar-refractivity contribution in [3.05, 3.63) is 51.3 Å². The van der Waals surface area contributed by atoms with Gasteiger partial charge in [-0.2, -0.15) is 5.10 Å². The summed E-state index contributed by atoms with van der Waals surface area (Å²) in [5.74, 6) is -0.327. The van der Waals surface area contributed by atoms with E-state index in [0.29, 0.717) is 5.69 Å². The lowest BCUT2D eigenvalue weighted by Crippen LogP contribution is -2.04. The fourth-order valence-electron chi connectivity index (χ4n) is 1.99.